The van der Waals surface area contributed by atoms with Crippen LogP contribution in [0.5, 0.6) is 0 Å². The van der Waals surface area contributed by atoms with E-state index in [9.17, 15) is 14.5 Å². The average Bonchev–Trinajstić information content (AvgIpc) is 3.03. The molecule has 2 aromatic heterocycles. The number of nitrogens with one attached hydrogen (secondary N) is 1. The van der Waals surface area contributed by atoms with Crippen molar-refractivity contribution in [3.05, 3.63) is 23.0 Å². The van der Waals surface area contributed by atoms with E-state index in [1.807, 2.05) is 0 Å². The first kappa shape index (κ1) is 17.2. The highest BCUT2D eigenvalue weighted by molar-refractivity contribution is 7.57. The molecule has 0 amide bonds. The van der Waals surface area contributed by atoms with Crippen LogP contribution in [0, 0.1) is 0 Å². The van der Waals surface area contributed by atoms with E-state index in [-0.39, 0.29) is 23.3 Å². The first-order valence-electron chi connectivity index (χ1n) is 7.28. The predicted octanol–water partition coefficient (Wildman–Crippen LogP) is -0.0528. The number of hydrogen-bond donors (Lipinski definition) is 2. The van der Waals surface area contributed by atoms with Crippen LogP contribution in [0.15, 0.2) is 17.4 Å². The van der Waals surface area contributed by atoms with Gasteiger partial charge in [0.1, 0.15) is 18.3 Å². The molecule has 1 fully saturated rings. The number of aromatic nitrogens is 4. The molecule has 0 radical (unpaired) electrons. The summed E-state index contributed by atoms with van der Waals surface area (Å²) in [6.07, 6.45) is -0.863. The number of rotatable bonds is 5. The van der Waals surface area contributed by atoms with Crippen LogP contribution in [0.3, 0.4) is 0 Å². The summed E-state index contributed by atoms with van der Waals surface area (Å²) in [6, 6.07) is 0. The van der Waals surface area contributed by atoms with E-state index in [1.54, 1.807) is 0 Å². The lowest BCUT2D eigenvalue weighted by Gasteiger charge is -2.22. The normalized spacial score (nSPS) is 27.8. The van der Waals surface area contributed by atoms with Gasteiger partial charge in [-0.25, -0.2) is 9.97 Å². The fraction of sp³-hybridized carbons (Fsp3) is 0.615. The van der Waals surface area contributed by atoms with Crippen molar-refractivity contribution < 1.29 is 23.7 Å². The van der Waals surface area contributed by atoms with Crippen molar-refractivity contribution in [2.45, 2.75) is 24.5 Å². The summed E-state index contributed by atoms with van der Waals surface area (Å²) < 4.78 is 29.9. The Labute approximate surface area is 137 Å². The molecule has 24 heavy (non-hydrogen) atoms. The second-order valence-electron chi connectivity index (χ2n) is 5.89. The number of nitrogens with zero attached hydrogens (tertiary/aromatic N) is 3. The Kier molecular flexibility index (Phi) is 4.58. The Morgan fingerprint density at radius 1 is 1.46 bits per heavy atom. The van der Waals surface area contributed by atoms with Crippen LogP contribution in [0.2, 0.25) is 0 Å². The summed E-state index contributed by atoms with van der Waals surface area (Å²) in [5.41, 5.74) is 0.0208. The summed E-state index contributed by atoms with van der Waals surface area (Å²) >= 11 is 0. The van der Waals surface area contributed by atoms with Gasteiger partial charge in [0.05, 0.1) is 19.3 Å². The van der Waals surface area contributed by atoms with E-state index in [2.05, 4.69) is 15.0 Å². The third-order valence-corrected chi connectivity index (χ3v) is 4.41. The van der Waals surface area contributed by atoms with Crippen molar-refractivity contribution in [1.29, 1.82) is 0 Å². The molecule has 1 saturated heterocycles. The van der Waals surface area contributed by atoms with Crippen LogP contribution >= 0.6 is 7.37 Å². The van der Waals surface area contributed by atoms with Crippen molar-refractivity contribution in [2.24, 2.45) is 0 Å². The average molecular weight is 358 g/mol. The van der Waals surface area contributed by atoms with E-state index in [1.165, 1.54) is 37.7 Å². The number of aliphatic hydroxyl groups excluding tert-OH is 1. The molecule has 132 valence electrons. The van der Waals surface area contributed by atoms with Gasteiger partial charge in [-0.2, -0.15) is 0 Å². The molecule has 11 heteroatoms. The van der Waals surface area contributed by atoms with E-state index in [0.717, 1.165) is 0 Å². The number of aliphatic hydroxyl groups is 1. The smallest absolute Gasteiger partial charge is 0.278 e. The molecule has 10 nitrogen and oxygen atoms in total. The molecule has 2 aromatic rings. The molecule has 2 N–H and O–H groups in total. The number of fused-ring (bicyclic) bond motifs is 1. The molecule has 0 aromatic carbocycles. The molecule has 0 saturated carbocycles. The van der Waals surface area contributed by atoms with Gasteiger partial charge in [0.25, 0.3) is 5.56 Å². The number of H-pyrrole nitrogens is 1. The van der Waals surface area contributed by atoms with Crippen molar-refractivity contribution in [3.63, 3.8) is 0 Å². The van der Waals surface area contributed by atoms with Gasteiger partial charge in [0.2, 0.25) is 0 Å². The van der Waals surface area contributed by atoms with E-state index in [0.29, 0.717) is 0 Å². The second-order valence-corrected chi connectivity index (χ2v) is 8.60. The lowest BCUT2D eigenvalue weighted by molar-refractivity contribution is -0.0568. The largest absolute Gasteiger partial charge is 0.386 e. The van der Waals surface area contributed by atoms with Gasteiger partial charge in [-0.1, -0.05) is 0 Å². The Balaban J connectivity index is 1.97. The van der Waals surface area contributed by atoms with Gasteiger partial charge in [0, 0.05) is 20.4 Å². The van der Waals surface area contributed by atoms with Crippen LogP contribution in [-0.4, -0.2) is 70.0 Å². The third-order valence-electron chi connectivity index (χ3n) is 3.66. The highest BCUT2D eigenvalue weighted by Crippen LogP contribution is 2.44. The molecule has 1 unspecified atom stereocenters. The first-order chi connectivity index (χ1) is 11.3. The Hall–Kier alpha value is -1.58. The van der Waals surface area contributed by atoms with Crippen molar-refractivity contribution in [1.82, 2.24) is 19.5 Å². The van der Waals surface area contributed by atoms with Crippen LogP contribution < -0.4 is 5.56 Å². The van der Waals surface area contributed by atoms with Crippen molar-refractivity contribution in [3.8, 4) is 0 Å². The SMILES string of the molecule is COC[C@H]1O[C@@H](n2cnc3c(=O)[nH]cnc32)[C@@H](O)C1OP(C)(C)=O. The molecule has 0 aliphatic carbocycles. The number of hydrogen-bond acceptors (Lipinski definition) is 8. The molecular weight excluding hydrogens is 339 g/mol. The van der Waals surface area contributed by atoms with Crippen LogP contribution in [-0.2, 0) is 18.6 Å². The van der Waals surface area contributed by atoms with Crippen LogP contribution in [0.1, 0.15) is 6.23 Å². The monoisotopic (exact) mass is 358 g/mol. The second kappa shape index (κ2) is 6.38. The number of imidazole rings is 1. The lowest BCUT2D eigenvalue weighted by atomic mass is 10.1. The summed E-state index contributed by atoms with van der Waals surface area (Å²) in [7, 11) is -1.37. The fourth-order valence-corrected chi connectivity index (χ4v) is 3.57. The minimum absolute atomic E-state index is 0.137. The lowest BCUT2D eigenvalue weighted by Crippen LogP contribution is -2.35. The topological polar surface area (TPSA) is 129 Å². The third kappa shape index (κ3) is 3.15. The molecule has 3 heterocycles. The zero-order valence-corrected chi connectivity index (χ0v) is 14.3. The maximum absolute atomic E-state index is 12.0. The standard InChI is InChI=1S/C13H19N4O6P/c1-21-4-7-10(23-24(2,3)20)9(18)13(22-7)17-6-16-8-11(17)14-5-15-12(8)19/h5-7,9-10,13,18H,4H2,1-3H3,(H,14,15,19)/t7-,9+,10?,13-/m1/s1. The molecule has 1 aliphatic heterocycles. The number of methoxy groups -OCH3 is 1. The van der Waals surface area contributed by atoms with Gasteiger partial charge in [-0.3, -0.25) is 13.9 Å². The van der Waals surface area contributed by atoms with Gasteiger partial charge in [-0.05, 0) is 0 Å². The number of ether oxygens (including phenoxy) is 2. The van der Waals surface area contributed by atoms with Crippen molar-refractivity contribution in [2.75, 3.05) is 27.0 Å². The number of aromatic amines is 1. The molecule has 4 atom stereocenters. The quantitative estimate of drug-likeness (QED) is 0.712. The Bertz CT molecular complexity index is 829. The van der Waals surface area contributed by atoms with Crippen LogP contribution in [0.4, 0.5) is 0 Å². The first-order valence-corrected chi connectivity index (χ1v) is 9.80. The molecular formula is C13H19N4O6P. The minimum Gasteiger partial charge on any atom is -0.386 e. The predicted molar refractivity (Wildman–Crippen MR) is 84.3 cm³/mol. The summed E-state index contributed by atoms with van der Waals surface area (Å²) in [5, 5.41) is 10.6. The highest BCUT2D eigenvalue weighted by Gasteiger charge is 2.47. The van der Waals surface area contributed by atoms with Gasteiger partial charge >= 0.3 is 0 Å². The van der Waals surface area contributed by atoms with Crippen molar-refractivity contribution >= 4 is 18.5 Å². The zero-order valence-electron chi connectivity index (χ0n) is 13.4. The molecule has 3 rings (SSSR count). The highest BCUT2D eigenvalue weighted by atomic mass is 31.2. The van der Waals surface area contributed by atoms with Crippen LogP contribution in [0.25, 0.3) is 11.2 Å². The van der Waals surface area contributed by atoms with Gasteiger partial charge < -0.3 is 24.1 Å². The summed E-state index contributed by atoms with van der Waals surface area (Å²) in [4.78, 5) is 22.3. The Morgan fingerprint density at radius 3 is 2.88 bits per heavy atom. The van der Waals surface area contributed by atoms with E-state index >= 15 is 0 Å². The van der Waals surface area contributed by atoms with Gasteiger partial charge in [-0.15, -0.1) is 0 Å². The molecule has 0 spiro atoms. The van der Waals surface area contributed by atoms with Gasteiger partial charge in [0.15, 0.2) is 24.8 Å². The summed E-state index contributed by atoms with van der Waals surface area (Å²) in [6.45, 7) is 3.08. The summed E-state index contributed by atoms with van der Waals surface area (Å²) in [5.74, 6) is 0. The minimum atomic E-state index is -2.86. The van der Waals surface area contributed by atoms with E-state index < -0.39 is 31.9 Å². The van der Waals surface area contributed by atoms with E-state index in [4.69, 9.17) is 14.0 Å². The Morgan fingerprint density at radius 2 is 2.21 bits per heavy atom. The zero-order chi connectivity index (χ0) is 17.5. The fourth-order valence-electron chi connectivity index (χ4n) is 2.72. The molecule has 1 aliphatic rings. The maximum Gasteiger partial charge on any atom is 0.278 e. The molecule has 0 bridgehead atoms. The maximum atomic E-state index is 12.0.